The molecule has 0 aliphatic carbocycles. The Kier molecular flexibility index (Phi) is 8.25. The quantitative estimate of drug-likeness (QED) is 0.385. The van der Waals surface area contributed by atoms with Gasteiger partial charge in [-0.3, -0.25) is 0 Å². The van der Waals surface area contributed by atoms with Gasteiger partial charge in [-0.25, -0.2) is 14.0 Å². The molecule has 0 bridgehead atoms. The summed E-state index contributed by atoms with van der Waals surface area (Å²) in [6.45, 7) is 3.76. The van der Waals surface area contributed by atoms with E-state index in [1.165, 1.54) is 11.1 Å². The van der Waals surface area contributed by atoms with Crippen LogP contribution in [0, 0.1) is 5.82 Å². The highest BCUT2D eigenvalue weighted by Gasteiger charge is 2.27. The van der Waals surface area contributed by atoms with Crippen LogP contribution in [0.4, 0.5) is 9.18 Å². The number of carbonyl (C=O) groups is 2. The third-order valence-corrected chi connectivity index (χ3v) is 5.69. The number of carboxylic acids is 1. The lowest BCUT2D eigenvalue weighted by atomic mass is 9.90. The Morgan fingerprint density at radius 1 is 1.03 bits per heavy atom. The third kappa shape index (κ3) is 6.77. The van der Waals surface area contributed by atoms with Crippen LogP contribution in [0.1, 0.15) is 30.5 Å². The maximum absolute atomic E-state index is 14.8. The van der Waals surface area contributed by atoms with E-state index in [0.29, 0.717) is 46.7 Å². The number of ether oxygens (including phenoxy) is 3. The highest BCUT2D eigenvalue weighted by molar-refractivity contribution is 5.76. The summed E-state index contributed by atoms with van der Waals surface area (Å²) < 4.78 is 31.4. The predicted molar refractivity (Wildman–Crippen MR) is 133 cm³/mol. The largest absolute Gasteiger partial charge is 0.528 e. The van der Waals surface area contributed by atoms with Gasteiger partial charge in [-0.1, -0.05) is 36.4 Å². The van der Waals surface area contributed by atoms with Crippen molar-refractivity contribution < 1.29 is 38.1 Å². The van der Waals surface area contributed by atoms with Gasteiger partial charge in [0, 0.05) is 12.1 Å². The molecule has 0 atom stereocenters. The molecular weight excluding hydrogens is 481 g/mol. The zero-order chi connectivity index (χ0) is 26.4. The van der Waals surface area contributed by atoms with Gasteiger partial charge >= 0.3 is 12.1 Å². The Balaban J connectivity index is 1.59. The molecule has 1 heterocycles. The van der Waals surface area contributed by atoms with Crippen LogP contribution >= 0.6 is 0 Å². The van der Waals surface area contributed by atoms with Crippen LogP contribution < -0.4 is 9.47 Å². The fourth-order valence-electron chi connectivity index (χ4n) is 4.10. The lowest BCUT2D eigenvalue weighted by Crippen LogP contribution is -2.34. The van der Waals surface area contributed by atoms with Crippen LogP contribution in [0.5, 0.6) is 11.5 Å². The summed E-state index contributed by atoms with van der Waals surface area (Å²) in [6, 6.07) is 17.3. The number of hydrogen-bond acceptors (Lipinski definition) is 7. The van der Waals surface area contributed by atoms with E-state index in [2.05, 4.69) is 0 Å². The number of hydroxylamine groups is 2. The van der Waals surface area contributed by atoms with E-state index < -0.39 is 18.7 Å². The molecule has 0 amide bonds. The van der Waals surface area contributed by atoms with Crippen molar-refractivity contribution in [2.24, 2.45) is 0 Å². The van der Waals surface area contributed by atoms with Crippen molar-refractivity contribution in [1.82, 2.24) is 5.06 Å². The van der Waals surface area contributed by atoms with Gasteiger partial charge in [0.25, 0.3) is 0 Å². The van der Waals surface area contributed by atoms with E-state index in [1.54, 1.807) is 24.3 Å². The van der Waals surface area contributed by atoms with E-state index in [0.717, 1.165) is 5.56 Å². The molecule has 3 aromatic rings. The molecule has 8 nitrogen and oxygen atoms in total. The lowest BCUT2D eigenvalue weighted by Gasteiger charge is -2.29. The summed E-state index contributed by atoms with van der Waals surface area (Å²) in [5.41, 5.74) is 3.25. The standard InChI is InChI=1S/C28H28FNO7/c1-18(2)36-26-11-8-20(34-17-27(31)32)14-23(26)21-9-10-25(29)22-12-13-30(15-24(21)22)37-28(33)35-16-19-6-4-3-5-7-19/h3-11,14,18H,12-13,15-17H2,1-2H3,(H,31,32). The maximum Gasteiger partial charge on any atom is 0.528 e. The predicted octanol–water partition coefficient (Wildman–Crippen LogP) is 5.37. The summed E-state index contributed by atoms with van der Waals surface area (Å²) in [5, 5.41) is 10.4. The van der Waals surface area contributed by atoms with Gasteiger partial charge in [0.15, 0.2) is 6.61 Å². The lowest BCUT2D eigenvalue weighted by molar-refractivity contribution is -0.139. The van der Waals surface area contributed by atoms with E-state index in [4.69, 9.17) is 24.2 Å². The minimum atomic E-state index is -1.10. The molecule has 0 fully saturated rings. The molecule has 37 heavy (non-hydrogen) atoms. The van der Waals surface area contributed by atoms with E-state index in [9.17, 15) is 14.0 Å². The molecule has 0 saturated carbocycles. The first kappa shape index (κ1) is 26.0. The Bertz CT molecular complexity index is 1260. The van der Waals surface area contributed by atoms with Crippen LogP contribution in [0.2, 0.25) is 0 Å². The summed E-state index contributed by atoms with van der Waals surface area (Å²) >= 11 is 0. The van der Waals surface area contributed by atoms with E-state index >= 15 is 0 Å². The first-order valence-corrected chi connectivity index (χ1v) is 11.9. The molecule has 0 spiro atoms. The Hall–Kier alpha value is -4.11. The van der Waals surface area contributed by atoms with Crippen LogP contribution in [-0.2, 0) is 33.9 Å². The van der Waals surface area contributed by atoms with Gasteiger partial charge in [-0.15, -0.1) is 5.06 Å². The topological polar surface area (TPSA) is 94.5 Å². The monoisotopic (exact) mass is 509 g/mol. The second-order valence-corrected chi connectivity index (χ2v) is 8.79. The summed E-state index contributed by atoms with van der Waals surface area (Å²) in [4.78, 5) is 28.7. The zero-order valence-corrected chi connectivity index (χ0v) is 20.6. The second kappa shape index (κ2) is 11.7. The fourth-order valence-corrected chi connectivity index (χ4v) is 4.10. The first-order valence-electron chi connectivity index (χ1n) is 11.9. The molecule has 0 aromatic heterocycles. The molecule has 3 aromatic carbocycles. The number of nitrogens with zero attached hydrogens (tertiary/aromatic N) is 1. The second-order valence-electron chi connectivity index (χ2n) is 8.79. The fraction of sp³-hybridized carbons (Fsp3) is 0.286. The summed E-state index contributed by atoms with van der Waals surface area (Å²) in [6.07, 6.45) is -0.672. The number of fused-ring (bicyclic) bond motifs is 1. The van der Waals surface area contributed by atoms with Crippen LogP contribution in [0.3, 0.4) is 0 Å². The number of carboxylic acid groups (broad SMARTS) is 1. The molecule has 9 heteroatoms. The van der Waals surface area contributed by atoms with Crippen LogP contribution in [0.15, 0.2) is 60.7 Å². The number of halogens is 1. The van der Waals surface area contributed by atoms with Gasteiger partial charge in [-0.05, 0) is 66.8 Å². The number of aliphatic carboxylic acids is 1. The SMILES string of the molecule is CC(C)Oc1ccc(OCC(=O)O)cc1-c1ccc(F)c2c1CN(OC(=O)OCc1ccccc1)CC2. The average Bonchev–Trinajstić information content (AvgIpc) is 2.87. The number of carbonyl (C=O) groups excluding carboxylic acids is 1. The van der Waals surface area contributed by atoms with Crippen molar-refractivity contribution in [1.29, 1.82) is 0 Å². The Morgan fingerprint density at radius 2 is 1.81 bits per heavy atom. The van der Waals surface area contributed by atoms with E-state index in [1.807, 2.05) is 44.2 Å². The van der Waals surface area contributed by atoms with Crippen LogP contribution in [-0.4, -0.2) is 41.6 Å². The van der Waals surface area contributed by atoms with Crippen molar-refractivity contribution in [3.8, 4) is 22.6 Å². The van der Waals surface area contributed by atoms with Crippen LogP contribution in [0.25, 0.3) is 11.1 Å². The van der Waals surface area contributed by atoms with Crippen molar-refractivity contribution in [3.05, 3.63) is 83.2 Å². The smallest absolute Gasteiger partial charge is 0.490 e. The highest BCUT2D eigenvalue weighted by atomic mass is 19.1. The minimum Gasteiger partial charge on any atom is -0.490 e. The Morgan fingerprint density at radius 3 is 2.54 bits per heavy atom. The molecule has 4 rings (SSSR count). The maximum atomic E-state index is 14.8. The first-order chi connectivity index (χ1) is 17.8. The molecule has 1 aliphatic rings. The van der Waals surface area contributed by atoms with E-state index in [-0.39, 0.29) is 25.1 Å². The number of benzene rings is 3. The zero-order valence-electron chi connectivity index (χ0n) is 20.6. The molecule has 194 valence electrons. The summed E-state index contributed by atoms with van der Waals surface area (Å²) in [5.74, 6) is -0.586. The number of rotatable bonds is 9. The average molecular weight is 510 g/mol. The summed E-state index contributed by atoms with van der Waals surface area (Å²) in [7, 11) is 0. The molecule has 0 unspecified atom stereocenters. The van der Waals surface area contributed by atoms with Crippen molar-refractivity contribution in [2.75, 3.05) is 13.2 Å². The third-order valence-electron chi connectivity index (χ3n) is 5.69. The van der Waals surface area contributed by atoms with Gasteiger partial charge in [-0.2, -0.15) is 0 Å². The highest BCUT2D eigenvalue weighted by Crippen LogP contribution is 2.39. The Labute approximate surface area is 214 Å². The minimum absolute atomic E-state index is 0.0724. The van der Waals surface area contributed by atoms with Gasteiger partial charge in [0.2, 0.25) is 0 Å². The molecular formula is C28H28FNO7. The van der Waals surface area contributed by atoms with Crippen molar-refractivity contribution in [3.63, 3.8) is 0 Å². The normalized spacial score (nSPS) is 13.1. The molecule has 0 radical (unpaired) electrons. The number of hydrogen-bond donors (Lipinski definition) is 1. The van der Waals surface area contributed by atoms with Crippen molar-refractivity contribution in [2.45, 2.75) is 39.5 Å². The molecule has 1 aliphatic heterocycles. The molecule has 0 saturated heterocycles. The van der Waals surface area contributed by atoms with Gasteiger partial charge in [0.1, 0.15) is 23.9 Å². The van der Waals surface area contributed by atoms with Gasteiger partial charge in [0.05, 0.1) is 12.6 Å². The van der Waals surface area contributed by atoms with Crippen molar-refractivity contribution >= 4 is 12.1 Å². The van der Waals surface area contributed by atoms with Gasteiger partial charge < -0.3 is 24.2 Å². The molecule has 1 N–H and O–H groups in total.